The summed E-state index contributed by atoms with van der Waals surface area (Å²) in [4.78, 5) is 50.2. The maximum absolute atomic E-state index is 12.8. The van der Waals surface area contributed by atoms with E-state index >= 15 is 0 Å². The number of ketones is 1. The summed E-state index contributed by atoms with van der Waals surface area (Å²) in [6.07, 6.45) is 3.71. The highest BCUT2D eigenvalue weighted by Gasteiger charge is 2.42. The number of rotatable bonds is 6. The topological polar surface area (TPSA) is 111 Å². The molecule has 32 heavy (non-hydrogen) atoms. The molecule has 2 bridgehead atoms. The maximum atomic E-state index is 12.8. The van der Waals surface area contributed by atoms with Gasteiger partial charge >= 0.3 is 18.0 Å². The van der Waals surface area contributed by atoms with Gasteiger partial charge in [-0.2, -0.15) is 0 Å². The third-order valence-electron chi connectivity index (χ3n) is 6.52. The van der Waals surface area contributed by atoms with Gasteiger partial charge in [0.05, 0.1) is 29.8 Å². The van der Waals surface area contributed by atoms with Crippen molar-refractivity contribution in [2.75, 3.05) is 13.2 Å². The van der Waals surface area contributed by atoms with Gasteiger partial charge in [0.15, 0.2) is 0 Å². The molecule has 1 heterocycles. The molecule has 1 aromatic rings. The fraction of sp³-hybridized carbons (Fsp3) is 0.500. The SMILES string of the molecule is CCOC(=O)C1=C(COC(=O)C2CC3CCCC(C2)C3=O)NC(=O)NC1c1ccccc1. The first-order valence-electron chi connectivity index (χ1n) is 11.2. The van der Waals surface area contributed by atoms with Crippen molar-refractivity contribution >= 4 is 23.8 Å². The molecular weight excluding hydrogens is 412 g/mol. The summed E-state index contributed by atoms with van der Waals surface area (Å²) in [6, 6.07) is 7.86. The van der Waals surface area contributed by atoms with Gasteiger partial charge in [-0.15, -0.1) is 0 Å². The van der Waals surface area contributed by atoms with Gasteiger partial charge < -0.3 is 20.1 Å². The minimum absolute atomic E-state index is 0.0598. The van der Waals surface area contributed by atoms with E-state index in [-0.39, 0.29) is 48.0 Å². The van der Waals surface area contributed by atoms with Crippen molar-refractivity contribution < 1.29 is 28.7 Å². The van der Waals surface area contributed by atoms with E-state index in [2.05, 4.69) is 10.6 Å². The van der Waals surface area contributed by atoms with Gasteiger partial charge in [-0.1, -0.05) is 36.8 Å². The van der Waals surface area contributed by atoms with E-state index in [1.165, 1.54) is 0 Å². The number of hydrogen-bond acceptors (Lipinski definition) is 6. The molecule has 3 aliphatic rings. The summed E-state index contributed by atoms with van der Waals surface area (Å²) >= 11 is 0. The molecule has 2 aliphatic carbocycles. The van der Waals surface area contributed by atoms with E-state index in [9.17, 15) is 19.2 Å². The van der Waals surface area contributed by atoms with Crippen LogP contribution < -0.4 is 10.6 Å². The Morgan fingerprint density at radius 1 is 1.03 bits per heavy atom. The summed E-state index contributed by atoms with van der Waals surface area (Å²) < 4.78 is 10.8. The van der Waals surface area contributed by atoms with Gasteiger partial charge in [0.25, 0.3) is 0 Å². The van der Waals surface area contributed by atoms with Crippen LogP contribution in [0, 0.1) is 17.8 Å². The summed E-state index contributed by atoms with van der Waals surface area (Å²) in [5, 5.41) is 5.36. The average molecular weight is 440 g/mol. The molecule has 4 rings (SSSR count). The molecule has 2 N–H and O–H groups in total. The van der Waals surface area contributed by atoms with E-state index in [0.717, 1.165) is 19.3 Å². The number of benzene rings is 1. The Morgan fingerprint density at radius 2 is 1.72 bits per heavy atom. The van der Waals surface area contributed by atoms with Crippen LogP contribution in [-0.2, 0) is 23.9 Å². The molecule has 2 fully saturated rings. The Hall–Kier alpha value is -3.16. The molecule has 2 amide bonds. The monoisotopic (exact) mass is 440 g/mol. The van der Waals surface area contributed by atoms with Crippen LogP contribution in [-0.4, -0.2) is 37.0 Å². The molecule has 1 aromatic carbocycles. The molecule has 2 saturated carbocycles. The highest BCUT2D eigenvalue weighted by molar-refractivity contribution is 5.95. The third-order valence-corrected chi connectivity index (χ3v) is 6.52. The van der Waals surface area contributed by atoms with Gasteiger partial charge in [-0.25, -0.2) is 9.59 Å². The van der Waals surface area contributed by atoms with Crippen molar-refractivity contribution in [2.45, 2.75) is 45.1 Å². The number of esters is 2. The molecule has 0 radical (unpaired) electrons. The molecule has 3 atom stereocenters. The first-order valence-corrected chi connectivity index (χ1v) is 11.2. The second-order valence-electron chi connectivity index (χ2n) is 8.56. The Labute approximate surface area is 186 Å². The van der Waals surface area contributed by atoms with Crippen LogP contribution in [0.3, 0.4) is 0 Å². The van der Waals surface area contributed by atoms with Crippen LogP contribution in [0.15, 0.2) is 41.6 Å². The third kappa shape index (κ3) is 4.54. The summed E-state index contributed by atoms with van der Waals surface area (Å²) in [6.45, 7) is 1.62. The lowest BCUT2D eigenvalue weighted by atomic mass is 9.67. The van der Waals surface area contributed by atoms with Gasteiger partial charge in [-0.05, 0) is 38.2 Å². The van der Waals surface area contributed by atoms with Crippen LogP contribution in [0.5, 0.6) is 0 Å². The predicted octanol–water partition coefficient (Wildman–Crippen LogP) is 2.80. The van der Waals surface area contributed by atoms with Gasteiger partial charge in [0, 0.05) is 11.8 Å². The summed E-state index contributed by atoms with van der Waals surface area (Å²) in [5.41, 5.74) is 1.13. The number of nitrogens with one attached hydrogen (secondary N) is 2. The van der Waals surface area contributed by atoms with Crippen molar-refractivity contribution in [1.29, 1.82) is 0 Å². The van der Waals surface area contributed by atoms with Gasteiger partial charge in [0.2, 0.25) is 0 Å². The molecule has 1 aliphatic heterocycles. The highest BCUT2D eigenvalue weighted by Crippen LogP contribution is 2.40. The van der Waals surface area contributed by atoms with Gasteiger partial charge in [0.1, 0.15) is 12.4 Å². The second-order valence-corrected chi connectivity index (χ2v) is 8.56. The fourth-order valence-electron chi connectivity index (χ4n) is 5.01. The zero-order valence-corrected chi connectivity index (χ0v) is 18.1. The number of carbonyl (C=O) groups excluding carboxylic acids is 4. The zero-order chi connectivity index (χ0) is 22.7. The number of Topliss-reactive ketones (excluding diaryl/α,β-unsaturated/α-hetero) is 1. The van der Waals surface area contributed by atoms with Crippen molar-refractivity contribution in [3.8, 4) is 0 Å². The van der Waals surface area contributed by atoms with Crippen molar-refractivity contribution in [2.24, 2.45) is 17.8 Å². The average Bonchev–Trinajstić information content (AvgIpc) is 2.77. The zero-order valence-electron chi connectivity index (χ0n) is 18.1. The quantitative estimate of drug-likeness (QED) is 0.658. The Morgan fingerprint density at radius 3 is 2.38 bits per heavy atom. The molecule has 0 aromatic heterocycles. The lowest BCUT2D eigenvalue weighted by Gasteiger charge is -2.36. The van der Waals surface area contributed by atoms with E-state index < -0.39 is 24.0 Å². The van der Waals surface area contributed by atoms with Crippen LogP contribution in [0.25, 0.3) is 0 Å². The van der Waals surface area contributed by atoms with Gasteiger partial charge in [-0.3, -0.25) is 9.59 Å². The number of ether oxygens (including phenoxy) is 2. The van der Waals surface area contributed by atoms with E-state index in [1.54, 1.807) is 19.1 Å². The first kappa shape index (κ1) is 22.0. The first-order chi connectivity index (χ1) is 15.5. The minimum atomic E-state index is -0.718. The Kier molecular flexibility index (Phi) is 6.58. The normalized spacial score (nSPS) is 27.3. The van der Waals surface area contributed by atoms with Crippen LogP contribution in [0.1, 0.15) is 50.6 Å². The van der Waals surface area contributed by atoms with E-state index in [4.69, 9.17) is 9.47 Å². The molecule has 0 saturated heterocycles. The van der Waals surface area contributed by atoms with E-state index in [1.807, 2.05) is 18.2 Å². The van der Waals surface area contributed by atoms with Crippen LogP contribution in [0.4, 0.5) is 4.79 Å². The minimum Gasteiger partial charge on any atom is -0.463 e. The van der Waals surface area contributed by atoms with Crippen molar-refractivity contribution in [1.82, 2.24) is 10.6 Å². The summed E-state index contributed by atoms with van der Waals surface area (Å²) in [5.74, 6) is -1.15. The number of fused-ring (bicyclic) bond motifs is 2. The molecular formula is C24H28N2O6. The Balaban J connectivity index is 1.53. The number of hydrogen-bond donors (Lipinski definition) is 2. The highest BCUT2D eigenvalue weighted by atomic mass is 16.5. The number of carbonyl (C=O) groups is 4. The fourth-order valence-corrected chi connectivity index (χ4v) is 5.01. The lowest BCUT2D eigenvalue weighted by Crippen LogP contribution is -2.47. The lowest BCUT2D eigenvalue weighted by molar-refractivity contribution is -0.153. The molecule has 0 spiro atoms. The predicted molar refractivity (Wildman–Crippen MR) is 114 cm³/mol. The van der Waals surface area contributed by atoms with Crippen LogP contribution >= 0.6 is 0 Å². The number of amides is 2. The maximum Gasteiger partial charge on any atom is 0.338 e. The Bertz CT molecular complexity index is 925. The molecule has 8 nitrogen and oxygen atoms in total. The van der Waals surface area contributed by atoms with Crippen molar-refractivity contribution in [3.63, 3.8) is 0 Å². The smallest absolute Gasteiger partial charge is 0.338 e. The molecule has 3 unspecified atom stereocenters. The standard InChI is InChI=1S/C24H28N2O6/c1-2-31-23(29)19-18(25-24(30)26-20(19)14-7-4-3-5-8-14)13-32-22(28)17-11-15-9-6-10-16(12-17)21(15)27/h3-5,7-8,15-17,20H,2,6,9-13H2,1H3,(H2,25,26,30). The van der Waals surface area contributed by atoms with Crippen LogP contribution in [0.2, 0.25) is 0 Å². The summed E-state index contributed by atoms with van der Waals surface area (Å²) in [7, 11) is 0. The van der Waals surface area contributed by atoms with E-state index in [0.29, 0.717) is 18.4 Å². The van der Waals surface area contributed by atoms with Crippen molar-refractivity contribution in [3.05, 3.63) is 47.2 Å². The molecule has 170 valence electrons. The number of urea groups is 1. The largest absolute Gasteiger partial charge is 0.463 e. The second kappa shape index (κ2) is 9.54. The molecule has 8 heteroatoms.